The number of hydrogen-bond donors (Lipinski definition) is 0. The van der Waals surface area contributed by atoms with Crippen LogP contribution in [0.4, 0.5) is 0 Å². The molecule has 0 aliphatic rings. The van der Waals surface area contributed by atoms with Gasteiger partial charge in [-0.05, 0) is 25.3 Å². The molecule has 0 aromatic heterocycles. The summed E-state index contributed by atoms with van der Waals surface area (Å²) in [7, 11) is 0. The summed E-state index contributed by atoms with van der Waals surface area (Å²) in [6.07, 6.45) is 3.66. The summed E-state index contributed by atoms with van der Waals surface area (Å²) in [6, 6.07) is 10.0. The molecule has 21 heavy (non-hydrogen) atoms. The number of carbonyl (C=O) groups excluding carboxylic acids is 2. The lowest BCUT2D eigenvalue weighted by Gasteiger charge is -2.20. The van der Waals surface area contributed by atoms with Crippen molar-refractivity contribution in [1.82, 2.24) is 4.90 Å². The van der Waals surface area contributed by atoms with E-state index in [0.29, 0.717) is 19.6 Å². The van der Waals surface area contributed by atoms with Crippen molar-refractivity contribution in [2.75, 3.05) is 19.7 Å². The van der Waals surface area contributed by atoms with Crippen molar-refractivity contribution >= 4 is 11.9 Å². The SMILES string of the molecule is C=CCN(CC(=O)OCC)C(=O)CCCc1ccccc1. The fraction of sp³-hybridized carbons (Fsp3) is 0.412. The number of rotatable bonds is 9. The zero-order valence-electron chi connectivity index (χ0n) is 12.6. The Morgan fingerprint density at radius 1 is 1.29 bits per heavy atom. The van der Waals surface area contributed by atoms with Gasteiger partial charge in [-0.25, -0.2) is 0 Å². The third-order valence-electron chi connectivity index (χ3n) is 3.03. The van der Waals surface area contributed by atoms with Crippen LogP contribution in [0.25, 0.3) is 0 Å². The molecule has 0 aliphatic heterocycles. The highest BCUT2D eigenvalue weighted by atomic mass is 16.5. The molecule has 0 aliphatic carbocycles. The van der Waals surface area contributed by atoms with Crippen LogP contribution in [-0.4, -0.2) is 36.5 Å². The molecule has 0 fully saturated rings. The van der Waals surface area contributed by atoms with E-state index in [9.17, 15) is 9.59 Å². The van der Waals surface area contributed by atoms with Crippen LogP contribution in [-0.2, 0) is 20.7 Å². The van der Waals surface area contributed by atoms with Crippen LogP contribution in [0, 0.1) is 0 Å². The van der Waals surface area contributed by atoms with Crippen molar-refractivity contribution < 1.29 is 14.3 Å². The van der Waals surface area contributed by atoms with Crippen LogP contribution < -0.4 is 0 Å². The summed E-state index contributed by atoms with van der Waals surface area (Å²) in [4.78, 5) is 25.1. The van der Waals surface area contributed by atoms with Gasteiger partial charge >= 0.3 is 5.97 Å². The van der Waals surface area contributed by atoms with Crippen molar-refractivity contribution in [1.29, 1.82) is 0 Å². The first kappa shape index (κ1) is 17.0. The molecule has 114 valence electrons. The Balaban J connectivity index is 2.41. The maximum Gasteiger partial charge on any atom is 0.325 e. The highest BCUT2D eigenvalue weighted by molar-refractivity contribution is 5.82. The van der Waals surface area contributed by atoms with Gasteiger partial charge in [0.05, 0.1) is 6.61 Å². The van der Waals surface area contributed by atoms with Crippen LogP contribution in [0.5, 0.6) is 0 Å². The minimum atomic E-state index is -0.379. The number of aryl methyl sites for hydroxylation is 1. The monoisotopic (exact) mass is 289 g/mol. The van der Waals surface area contributed by atoms with E-state index < -0.39 is 0 Å². The summed E-state index contributed by atoms with van der Waals surface area (Å²) < 4.78 is 4.88. The van der Waals surface area contributed by atoms with E-state index in [0.717, 1.165) is 12.8 Å². The van der Waals surface area contributed by atoms with Gasteiger partial charge in [0, 0.05) is 13.0 Å². The van der Waals surface area contributed by atoms with E-state index >= 15 is 0 Å². The molecule has 1 amide bonds. The van der Waals surface area contributed by atoms with E-state index in [4.69, 9.17) is 4.74 Å². The molecular weight excluding hydrogens is 266 g/mol. The minimum Gasteiger partial charge on any atom is -0.465 e. The average Bonchev–Trinajstić information content (AvgIpc) is 2.48. The van der Waals surface area contributed by atoms with Crippen LogP contribution >= 0.6 is 0 Å². The van der Waals surface area contributed by atoms with Crippen LogP contribution in [0.1, 0.15) is 25.3 Å². The number of benzene rings is 1. The minimum absolute atomic E-state index is 0.00989. The van der Waals surface area contributed by atoms with Crippen molar-refractivity contribution in [3.8, 4) is 0 Å². The number of carbonyl (C=O) groups is 2. The zero-order chi connectivity index (χ0) is 15.5. The summed E-state index contributed by atoms with van der Waals surface area (Å²) in [6.45, 7) is 6.04. The van der Waals surface area contributed by atoms with E-state index in [2.05, 4.69) is 6.58 Å². The molecular formula is C17H23NO3. The van der Waals surface area contributed by atoms with E-state index in [1.807, 2.05) is 30.3 Å². The number of esters is 1. The Morgan fingerprint density at radius 3 is 2.62 bits per heavy atom. The summed E-state index contributed by atoms with van der Waals surface area (Å²) in [5.41, 5.74) is 1.21. The van der Waals surface area contributed by atoms with Gasteiger partial charge < -0.3 is 9.64 Å². The van der Waals surface area contributed by atoms with E-state index in [1.165, 1.54) is 10.5 Å². The molecule has 0 atom stereocenters. The Bertz CT molecular complexity index is 456. The maximum atomic E-state index is 12.1. The molecule has 1 rings (SSSR count). The molecule has 0 N–H and O–H groups in total. The first-order valence-electron chi connectivity index (χ1n) is 7.25. The van der Waals surface area contributed by atoms with Gasteiger partial charge in [-0.1, -0.05) is 36.4 Å². The Labute approximate surface area is 126 Å². The summed E-state index contributed by atoms with van der Waals surface area (Å²) in [5, 5.41) is 0. The molecule has 1 aromatic carbocycles. The molecule has 0 radical (unpaired) electrons. The quantitative estimate of drug-likeness (QED) is 0.518. The lowest BCUT2D eigenvalue weighted by molar-refractivity contribution is -0.148. The summed E-state index contributed by atoms with van der Waals surface area (Å²) >= 11 is 0. The fourth-order valence-electron chi connectivity index (χ4n) is 2.02. The van der Waals surface area contributed by atoms with E-state index in [-0.39, 0.29) is 18.4 Å². The molecule has 4 heteroatoms. The van der Waals surface area contributed by atoms with Gasteiger partial charge in [-0.3, -0.25) is 9.59 Å². The molecule has 0 saturated carbocycles. The molecule has 4 nitrogen and oxygen atoms in total. The van der Waals surface area contributed by atoms with Gasteiger partial charge in [-0.15, -0.1) is 6.58 Å². The lowest BCUT2D eigenvalue weighted by atomic mass is 10.1. The zero-order valence-corrected chi connectivity index (χ0v) is 12.6. The van der Waals surface area contributed by atoms with Gasteiger partial charge in [0.25, 0.3) is 0 Å². The smallest absolute Gasteiger partial charge is 0.325 e. The first-order valence-corrected chi connectivity index (χ1v) is 7.25. The lowest BCUT2D eigenvalue weighted by Crippen LogP contribution is -2.36. The molecule has 0 spiro atoms. The number of amides is 1. The van der Waals surface area contributed by atoms with Crippen molar-refractivity contribution in [3.63, 3.8) is 0 Å². The summed E-state index contributed by atoms with van der Waals surface area (Å²) in [5.74, 6) is -0.422. The highest BCUT2D eigenvalue weighted by Crippen LogP contribution is 2.06. The van der Waals surface area contributed by atoms with Crippen LogP contribution in [0.15, 0.2) is 43.0 Å². The molecule has 0 saturated heterocycles. The van der Waals surface area contributed by atoms with Crippen LogP contribution in [0.2, 0.25) is 0 Å². The third kappa shape index (κ3) is 6.75. The highest BCUT2D eigenvalue weighted by Gasteiger charge is 2.16. The Hall–Kier alpha value is -2.10. The fourth-order valence-corrected chi connectivity index (χ4v) is 2.02. The largest absolute Gasteiger partial charge is 0.465 e. The van der Waals surface area contributed by atoms with Gasteiger partial charge in [0.2, 0.25) is 5.91 Å². The molecule has 0 unspecified atom stereocenters. The molecule has 0 heterocycles. The Kier molecular flexibility index (Phi) is 7.87. The first-order chi connectivity index (χ1) is 10.2. The number of nitrogens with zero attached hydrogens (tertiary/aromatic N) is 1. The van der Waals surface area contributed by atoms with Gasteiger partial charge in [0.15, 0.2) is 0 Å². The normalized spacial score (nSPS) is 9.95. The second-order valence-electron chi connectivity index (χ2n) is 4.71. The average molecular weight is 289 g/mol. The predicted octanol–water partition coefficient (Wildman–Crippen LogP) is 2.59. The number of ether oxygens (including phenoxy) is 1. The topological polar surface area (TPSA) is 46.6 Å². The van der Waals surface area contributed by atoms with Crippen molar-refractivity contribution in [2.24, 2.45) is 0 Å². The van der Waals surface area contributed by atoms with Crippen LogP contribution in [0.3, 0.4) is 0 Å². The van der Waals surface area contributed by atoms with E-state index in [1.54, 1.807) is 13.0 Å². The molecule has 1 aromatic rings. The predicted molar refractivity (Wildman–Crippen MR) is 82.8 cm³/mol. The third-order valence-corrected chi connectivity index (χ3v) is 3.03. The van der Waals surface area contributed by atoms with Gasteiger partial charge in [-0.2, -0.15) is 0 Å². The molecule has 0 bridgehead atoms. The second-order valence-corrected chi connectivity index (χ2v) is 4.71. The maximum absolute atomic E-state index is 12.1. The van der Waals surface area contributed by atoms with Crippen molar-refractivity contribution in [3.05, 3.63) is 48.6 Å². The van der Waals surface area contributed by atoms with Crippen molar-refractivity contribution in [2.45, 2.75) is 26.2 Å². The Morgan fingerprint density at radius 2 is 2.00 bits per heavy atom. The van der Waals surface area contributed by atoms with Gasteiger partial charge in [0.1, 0.15) is 6.54 Å². The number of hydrogen-bond acceptors (Lipinski definition) is 3. The second kappa shape index (κ2) is 9.75. The standard InChI is InChI=1S/C17H23NO3/c1-3-13-18(14-17(20)21-4-2)16(19)12-8-11-15-9-6-5-7-10-15/h3,5-7,9-10H,1,4,8,11-14H2,2H3.